The van der Waals surface area contributed by atoms with Gasteiger partial charge in [0, 0.05) is 12.1 Å². The molecule has 0 aliphatic carbocycles. The monoisotopic (exact) mass is 250 g/mol. The Kier molecular flexibility index (Phi) is 7.23. The molecule has 0 bridgehead atoms. The summed E-state index contributed by atoms with van der Waals surface area (Å²) in [5.41, 5.74) is 1.07. The Morgan fingerprint density at radius 2 is 2.06 bits per heavy atom. The molecule has 1 unspecified atom stereocenters. The maximum Gasteiger partial charge on any atom is 0.213 e. The molecule has 18 heavy (non-hydrogen) atoms. The number of pyridine rings is 1. The third kappa shape index (κ3) is 5.89. The minimum Gasteiger partial charge on any atom is -0.478 e. The van der Waals surface area contributed by atoms with E-state index in [2.05, 4.69) is 24.1 Å². The van der Waals surface area contributed by atoms with E-state index >= 15 is 0 Å². The summed E-state index contributed by atoms with van der Waals surface area (Å²) in [5, 5.41) is 3.47. The highest BCUT2D eigenvalue weighted by atomic mass is 16.5. The van der Waals surface area contributed by atoms with Gasteiger partial charge in [-0.15, -0.1) is 0 Å². The van der Waals surface area contributed by atoms with Crippen LogP contribution in [0.1, 0.15) is 52.9 Å². The summed E-state index contributed by atoms with van der Waals surface area (Å²) in [6.07, 6.45) is 8.33. The van der Waals surface area contributed by atoms with Crippen molar-refractivity contribution in [2.24, 2.45) is 0 Å². The van der Waals surface area contributed by atoms with Gasteiger partial charge in [-0.1, -0.05) is 32.6 Å². The van der Waals surface area contributed by atoms with Crippen LogP contribution in [0.4, 0.5) is 5.69 Å². The zero-order valence-corrected chi connectivity index (χ0v) is 11.9. The molecular weight excluding hydrogens is 224 g/mol. The largest absolute Gasteiger partial charge is 0.478 e. The number of aromatic nitrogens is 1. The molecule has 0 aliphatic heterocycles. The molecule has 0 saturated heterocycles. The maximum atomic E-state index is 5.32. The SMILES string of the molecule is CCCCCCC(C)Nc1ccc(OCC)nc1. The van der Waals surface area contributed by atoms with E-state index in [9.17, 15) is 0 Å². The highest BCUT2D eigenvalue weighted by molar-refractivity contribution is 5.42. The molecule has 0 saturated carbocycles. The van der Waals surface area contributed by atoms with Crippen molar-refractivity contribution in [1.29, 1.82) is 0 Å². The first-order chi connectivity index (χ1) is 8.76. The lowest BCUT2D eigenvalue weighted by Crippen LogP contribution is -2.15. The van der Waals surface area contributed by atoms with Crippen molar-refractivity contribution < 1.29 is 4.74 Å². The smallest absolute Gasteiger partial charge is 0.213 e. The van der Waals surface area contributed by atoms with Crippen molar-refractivity contribution in [3.05, 3.63) is 18.3 Å². The average molecular weight is 250 g/mol. The topological polar surface area (TPSA) is 34.1 Å². The van der Waals surface area contributed by atoms with Crippen LogP contribution in [0.25, 0.3) is 0 Å². The minimum atomic E-state index is 0.501. The summed E-state index contributed by atoms with van der Waals surface area (Å²) in [6, 6.07) is 4.44. The maximum absolute atomic E-state index is 5.32. The van der Waals surface area contributed by atoms with E-state index in [0.29, 0.717) is 18.5 Å². The third-order valence-electron chi connectivity index (χ3n) is 2.93. The summed E-state index contributed by atoms with van der Waals surface area (Å²) in [6.45, 7) is 7.09. The van der Waals surface area contributed by atoms with E-state index in [0.717, 1.165) is 5.69 Å². The van der Waals surface area contributed by atoms with Gasteiger partial charge in [-0.25, -0.2) is 4.98 Å². The Balaban J connectivity index is 2.28. The van der Waals surface area contributed by atoms with Crippen molar-refractivity contribution in [2.75, 3.05) is 11.9 Å². The Morgan fingerprint density at radius 1 is 1.22 bits per heavy atom. The van der Waals surface area contributed by atoms with E-state index in [1.54, 1.807) is 0 Å². The molecule has 3 nitrogen and oxygen atoms in total. The van der Waals surface area contributed by atoms with Gasteiger partial charge >= 0.3 is 0 Å². The van der Waals surface area contributed by atoms with Crippen LogP contribution < -0.4 is 10.1 Å². The fraction of sp³-hybridized carbons (Fsp3) is 0.667. The second kappa shape index (κ2) is 8.78. The van der Waals surface area contributed by atoms with Crippen LogP contribution in [0, 0.1) is 0 Å². The Labute approximate surface area is 111 Å². The zero-order chi connectivity index (χ0) is 13.2. The number of ether oxygens (including phenoxy) is 1. The Hall–Kier alpha value is -1.25. The normalized spacial score (nSPS) is 12.2. The van der Waals surface area contributed by atoms with Gasteiger partial charge in [-0.2, -0.15) is 0 Å². The second-order valence-corrected chi connectivity index (χ2v) is 4.71. The van der Waals surface area contributed by atoms with Gasteiger partial charge in [-0.05, 0) is 26.3 Å². The van der Waals surface area contributed by atoms with Gasteiger partial charge in [0.1, 0.15) is 0 Å². The van der Waals surface area contributed by atoms with Crippen molar-refractivity contribution in [3.8, 4) is 5.88 Å². The van der Waals surface area contributed by atoms with Gasteiger partial charge in [0.25, 0.3) is 0 Å². The van der Waals surface area contributed by atoms with Crippen molar-refractivity contribution in [3.63, 3.8) is 0 Å². The van der Waals surface area contributed by atoms with Crippen LogP contribution in [-0.2, 0) is 0 Å². The highest BCUT2D eigenvalue weighted by Gasteiger charge is 2.02. The number of rotatable bonds is 9. The summed E-state index contributed by atoms with van der Waals surface area (Å²) in [5.74, 6) is 0.693. The molecular formula is C15H26N2O. The average Bonchev–Trinajstić information content (AvgIpc) is 2.37. The lowest BCUT2D eigenvalue weighted by Gasteiger charge is -2.15. The predicted octanol–water partition coefficient (Wildman–Crippen LogP) is 4.25. The summed E-state index contributed by atoms with van der Waals surface area (Å²) >= 11 is 0. The Morgan fingerprint density at radius 3 is 2.67 bits per heavy atom. The van der Waals surface area contributed by atoms with E-state index in [4.69, 9.17) is 4.74 Å². The molecule has 3 heteroatoms. The van der Waals surface area contributed by atoms with Crippen molar-refractivity contribution in [1.82, 2.24) is 4.98 Å². The third-order valence-corrected chi connectivity index (χ3v) is 2.93. The molecule has 0 amide bonds. The van der Waals surface area contributed by atoms with Crippen LogP contribution in [0.15, 0.2) is 18.3 Å². The van der Waals surface area contributed by atoms with Crippen molar-refractivity contribution >= 4 is 5.69 Å². The predicted molar refractivity (Wildman–Crippen MR) is 77.2 cm³/mol. The van der Waals surface area contributed by atoms with E-state index in [-0.39, 0.29) is 0 Å². The number of hydrogen-bond donors (Lipinski definition) is 1. The fourth-order valence-corrected chi connectivity index (χ4v) is 1.93. The van der Waals surface area contributed by atoms with Gasteiger partial charge in [0.2, 0.25) is 5.88 Å². The van der Waals surface area contributed by atoms with Gasteiger partial charge < -0.3 is 10.1 Å². The van der Waals surface area contributed by atoms with Crippen molar-refractivity contribution in [2.45, 2.75) is 58.9 Å². The van der Waals surface area contributed by atoms with Gasteiger partial charge in [0.15, 0.2) is 0 Å². The van der Waals surface area contributed by atoms with Gasteiger partial charge in [-0.3, -0.25) is 0 Å². The molecule has 1 N–H and O–H groups in total. The molecule has 0 aliphatic rings. The molecule has 1 atom stereocenters. The standard InChI is InChI=1S/C15H26N2O/c1-4-6-7-8-9-13(3)17-14-10-11-15(16-12-14)18-5-2/h10-13,17H,4-9H2,1-3H3. The number of anilines is 1. The second-order valence-electron chi connectivity index (χ2n) is 4.71. The molecule has 0 aromatic carbocycles. The molecule has 1 aromatic heterocycles. The Bertz CT molecular complexity index is 311. The quantitative estimate of drug-likeness (QED) is 0.665. The highest BCUT2D eigenvalue weighted by Crippen LogP contribution is 2.14. The number of nitrogens with one attached hydrogen (secondary N) is 1. The van der Waals surface area contributed by atoms with Crippen LogP contribution in [-0.4, -0.2) is 17.6 Å². The lowest BCUT2D eigenvalue weighted by molar-refractivity contribution is 0.327. The summed E-state index contributed by atoms with van der Waals surface area (Å²) < 4.78 is 5.32. The van der Waals surface area contributed by atoms with Gasteiger partial charge in [0.05, 0.1) is 18.5 Å². The molecule has 102 valence electrons. The van der Waals surface area contributed by atoms with E-state index < -0.39 is 0 Å². The van der Waals surface area contributed by atoms with E-state index in [1.165, 1.54) is 32.1 Å². The first kappa shape index (κ1) is 14.8. The minimum absolute atomic E-state index is 0.501. The lowest BCUT2D eigenvalue weighted by atomic mass is 10.1. The van der Waals surface area contributed by atoms with E-state index in [1.807, 2.05) is 25.3 Å². The molecule has 0 radical (unpaired) electrons. The van der Waals surface area contributed by atoms with Crippen LogP contribution in [0.2, 0.25) is 0 Å². The van der Waals surface area contributed by atoms with Crippen LogP contribution in [0.3, 0.4) is 0 Å². The number of nitrogens with zero attached hydrogens (tertiary/aromatic N) is 1. The molecule has 1 aromatic rings. The number of hydrogen-bond acceptors (Lipinski definition) is 3. The first-order valence-corrected chi connectivity index (χ1v) is 7.11. The molecule has 1 heterocycles. The summed E-state index contributed by atoms with van der Waals surface area (Å²) in [4.78, 5) is 4.25. The molecule has 0 fully saturated rings. The first-order valence-electron chi connectivity index (χ1n) is 7.11. The molecule has 1 rings (SSSR count). The molecule has 0 spiro atoms. The zero-order valence-electron chi connectivity index (χ0n) is 11.9. The van der Waals surface area contributed by atoms with Crippen LogP contribution >= 0.6 is 0 Å². The summed E-state index contributed by atoms with van der Waals surface area (Å²) in [7, 11) is 0. The van der Waals surface area contributed by atoms with Crippen LogP contribution in [0.5, 0.6) is 5.88 Å². The fourth-order valence-electron chi connectivity index (χ4n) is 1.93. The number of unbranched alkanes of at least 4 members (excludes halogenated alkanes) is 3.